The van der Waals surface area contributed by atoms with E-state index in [1.54, 1.807) is 0 Å². The molecule has 0 atom stereocenters. The lowest BCUT2D eigenvalue weighted by molar-refractivity contribution is 0.196. The van der Waals surface area contributed by atoms with Crippen LogP contribution >= 0.6 is 0 Å². The van der Waals surface area contributed by atoms with Crippen LogP contribution < -0.4 is 5.32 Å². The lowest BCUT2D eigenvalue weighted by atomic mass is 10.0. The first kappa shape index (κ1) is 12.3. The van der Waals surface area contributed by atoms with E-state index in [9.17, 15) is 4.79 Å². The van der Waals surface area contributed by atoms with Gasteiger partial charge in [0.05, 0.1) is 0 Å². The molecule has 3 nitrogen and oxygen atoms in total. The van der Waals surface area contributed by atoms with Gasteiger partial charge in [-0.25, -0.2) is 4.79 Å². The van der Waals surface area contributed by atoms with E-state index in [-0.39, 0.29) is 6.03 Å². The fraction of sp³-hybridized carbons (Fsp3) is 0.438. The lowest BCUT2D eigenvalue weighted by Gasteiger charge is -2.28. The molecule has 1 N–H and O–H groups in total. The predicted octanol–water partition coefficient (Wildman–Crippen LogP) is 3.07. The van der Waals surface area contributed by atoms with E-state index in [4.69, 9.17) is 0 Å². The van der Waals surface area contributed by atoms with Crippen LogP contribution in [0.3, 0.4) is 0 Å². The summed E-state index contributed by atoms with van der Waals surface area (Å²) in [5.41, 5.74) is 3.94. The third-order valence-electron chi connectivity index (χ3n) is 4.06. The highest BCUT2D eigenvalue weighted by Gasteiger charge is 2.24. The Morgan fingerprint density at radius 3 is 2.79 bits per heavy atom. The van der Waals surface area contributed by atoms with Gasteiger partial charge in [-0.05, 0) is 43.2 Å². The van der Waals surface area contributed by atoms with Gasteiger partial charge in [0.1, 0.15) is 0 Å². The quantitative estimate of drug-likeness (QED) is 0.866. The van der Waals surface area contributed by atoms with Crippen LogP contribution in [0, 0.1) is 5.92 Å². The fourth-order valence-corrected chi connectivity index (χ4v) is 2.59. The Kier molecular flexibility index (Phi) is 3.28. The molecule has 3 rings (SSSR count). The van der Waals surface area contributed by atoms with Crippen molar-refractivity contribution in [2.24, 2.45) is 5.92 Å². The highest BCUT2D eigenvalue weighted by atomic mass is 16.2. The maximum Gasteiger partial charge on any atom is 0.321 e. The largest absolute Gasteiger partial charge is 0.321 e. The van der Waals surface area contributed by atoms with Gasteiger partial charge in [0.25, 0.3) is 0 Å². The summed E-state index contributed by atoms with van der Waals surface area (Å²) < 4.78 is 0. The second kappa shape index (κ2) is 5.08. The van der Waals surface area contributed by atoms with Crippen LogP contribution in [0.15, 0.2) is 36.0 Å². The van der Waals surface area contributed by atoms with Crippen molar-refractivity contribution in [2.75, 3.05) is 6.54 Å². The van der Waals surface area contributed by atoms with Crippen LogP contribution in [-0.4, -0.2) is 17.5 Å². The average molecular weight is 256 g/mol. The number of urea groups is 1. The Morgan fingerprint density at radius 1 is 1.32 bits per heavy atom. The maximum absolute atomic E-state index is 12.1. The van der Waals surface area contributed by atoms with Crippen molar-refractivity contribution in [3.63, 3.8) is 0 Å². The van der Waals surface area contributed by atoms with Gasteiger partial charge in [-0.1, -0.05) is 29.8 Å². The fourth-order valence-electron chi connectivity index (χ4n) is 2.59. The van der Waals surface area contributed by atoms with Gasteiger partial charge in [0, 0.05) is 19.3 Å². The molecule has 19 heavy (non-hydrogen) atoms. The number of hydrogen-bond acceptors (Lipinski definition) is 1. The molecule has 1 aliphatic heterocycles. The first-order valence-corrected chi connectivity index (χ1v) is 7.03. The number of allylic oxidation sites excluding steroid dienone is 1. The summed E-state index contributed by atoms with van der Waals surface area (Å²) in [5.74, 6) is 0.711. The van der Waals surface area contributed by atoms with Crippen LogP contribution in [0.25, 0.3) is 0 Å². The Hall–Kier alpha value is -1.77. The second-order valence-corrected chi connectivity index (χ2v) is 5.55. The summed E-state index contributed by atoms with van der Waals surface area (Å²) in [6.07, 6.45) is 5.39. The first-order chi connectivity index (χ1) is 9.24. The number of nitrogens with zero attached hydrogens (tertiary/aromatic N) is 1. The molecule has 2 aliphatic rings. The van der Waals surface area contributed by atoms with E-state index in [2.05, 4.69) is 30.4 Å². The molecule has 1 aliphatic carbocycles. The second-order valence-electron chi connectivity index (χ2n) is 5.55. The molecule has 1 aromatic rings. The Bertz CT molecular complexity index is 517. The number of benzene rings is 1. The van der Waals surface area contributed by atoms with Gasteiger partial charge >= 0.3 is 6.03 Å². The van der Waals surface area contributed by atoms with E-state index in [1.807, 2.05) is 17.2 Å². The van der Waals surface area contributed by atoms with Crippen LogP contribution in [0.1, 0.15) is 30.9 Å². The minimum atomic E-state index is 0.0227. The van der Waals surface area contributed by atoms with E-state index in [1.165, 1.54) is 29.5 Å². The van der Waals surface area contributed by atoms with Crippen molar-refractivity contribution in [2.45, 2.75) is 32.7 Å². The molecular weight excluding hydrogens is 236 g/mol. The zero-order valence-corrected chi connectivity index (χ0v) is 11.4. The van der Waals surface area contributed by atoms with E-state index in [0.717, 1.165) is 19.5 Å². The van der Waals surface area contributed by atoms with Crippen molar-refractivity contribution in [3.8, 4) is 0 Å². The van der Waals surface area contributed by atoms with E-state index >= 15 is 0 Å². The molecule has 0 radical (unpaired) electrons. The predicted molar refractivity (Wildman–Crippen MR) is 75.6 cm³/mol. The maximum atomic E-state index is 12.1. The summed E-state index contributed by atoms with van der Waals surface area (Å²) in [7, 11) is 0. The Morgan fingerprint density at radius 2 is 2.05 bits per heavy atom. The zero-order valence-electron chi connectivity index (χ0n) is 11.4. The minimum Gasteiger partial charge on any atom is -0.320 e. The third-order valence-corrected chi connectivity index (χ3v) is 4.06. The minimum absolute atomic E-state index is 0.0227. The van der Waals surface area contributed by atoms with E-state index < -0.39 is 0 Å². The molecule has 3 heteroatoms. The summed E-state index contributed by atoms with van der Waals surface area (Å²) in [5, 5.41) is 2.93. The highest BCUT2D eigenvalue weighted by molar-refractivity contribution is 5.75. The summed E-state index contributed by atoms with van der Waals surface area (Å²) in [4.78, 5) is 14.0. The molecule has 1 aromatic carbocycles. The SMILES string of the molecule is C/C(=C\NC(=O)N1CCc2ccccc2C1)C1CC1. The van der Waals surface area contributed by atoms with Crippen molar-refractivity contribution in [1.29, 1.82) is 0 Å². The number of carbonyl (C=O) groups excluding carboxylic acids is 1. The molecule has 0 spiro atoms. The molecule has 1 saturated carbocycles. The highest BCUT2D eigenvalue weighted by Crippen LogP contribution is 2.35. The van der Waals surface area contributed by atoms with Crippen molar-refractivity contribution in [1.82, 2.24) is 10.2 Å². The topological polar surface area (TPSA) is 32.3 Å². The number of nitrogens with one attached hydrogen (secondary N) is 1. The molecule has 0 unspecified atom stereocenters. The van der Waals surface area contributed by atoms with Gasteiger partial charge in [-0.3, -0.25) is 0 Å². The number of rotatable bonds is 2. The van der Waals surface area contributed by atoms with Crippen molar-refractivity contribution in [3.05, 3.63) is 47.2 Å². The van der Waals surface area contributed by atoms with Crippen LogP contribution in [0.5, 0.6) is 0 Å². The van der Waals surface area contributed by atoms with Gasteiger partial charge in [-0.2, -0.15) is 0 Å². The van der Waals surface area contributed by atoms with Crippen LogP contribution in [-0.2, 0) is 13.0 Å². The first-order valence-electron chi connectivity index (χ1n) is 7.03. The third kappa shape index (κ3) is 2.80. The number of carbonyl (C=O) groups is 1. The average Bonchev–Trinajstić information content (AvgIpc) is 3.28. The molecule has 1 heterocycles. The normalized spacial score (nSPS) is 19.0. The summed E-state index contributed by atoms with van der Waals surface area (Å²) in [6, 6.07) is 8.39. The summed E-state index contributed by atoms with van der Waals surface area (Å²) in [6.45, 7) is 3.63. The van der Waals surface area contributed by atoms with E-state index in [0.29, 0.717) is 5.92 Å². The molecule has 2 amide bonds. The number of amides is 2. The Balaban J connectivity index is 1.61. The molecule has 0 saturated heterocycles. The number of fused-ring (bicyclic) bond motifs is 1. The van der Waals surface area contributed by atoms with Crippen molar-refractivity contribution < 1.29 is 4.79 Å². The van der Waals surface area contributed by atoms with Crippen LogP contribution in [0.2, 0.25) is 0 Å². The zero-order chi connectivity index (χ0) is 13.2. The monoisotopic (exact) mass is 256 g/mol. The van der Waals surface area contributed by atoms with Crippen molar-refractivity contribution >= 4 is 6.03 Å². The smallest absolute Gasteiger partial charge is 0.320 e. The molecule has 0 bridgehead atoms. The van der Waals surface area contributed by atoms with Gasteiger partial charge < -0.3 is 10.2 Å². The molecule has 1 fully saturated rings. The Labute approximate surface area is 114 Å². The van der Waals surface area contributed by atoms with Gasteiger partial charge in [0.2, 0.25) is 0 Å². The van der Waals surface area contributed by atoms with Gasteiger partial charge in [-0.15, -0.1) is 0 Å². The standard InChI is InChI=1S/C16H20N2O/c1-12(13-6-7-13)10-17-16(19)18-9-8-14-4-2-3-5-15(14)11-18/h2-5,10,13H,6-9,11H2,1H3,(H,17,19)/b12-10+. The molecular formula is C16H20N2O. The van der Waals surface area contributed by atoms with Gasteiger partial charge in [0.15, 0.2) is 0 Å². The lowest BCUT2D eigenvalue weighted by Crippen LogP contribution is -2.41. The number of hydrogen-bond donors (Lipinski definition) is 1. The van der Waals surface area contributed by atoms with Crippen LogP contribution in [0.4, 0.5) is 4.79 Å². The molecule has 100 valence electrons. The molecule has 0 aromatic heterocycles. The summed E-state index contributed by atoms with van der Waals surface area (Å²) >= 11 is 0.